The van der Waals surface area contributed by atoms with Gasteiger partial charge in [0.1, 0.15) is 5.82 Å². The molecule has 2 heterocycles. The Bertz CT molecular complexity index is 689. The van der Waals surface area contributed by atoms with Crippen molar-refractivity contribution < 1.29 is 4.79 Å². The highest BCUT2D eigenvalue weighted by molar-refractivity contribution is 5.75. The van der Waals surface area contributed by atoms with Gasteiger partial charge in [-0.25, -0.2) is 9.78 Å². The molecule has 2 N–H and O–H groups in total. The molecule has 0 saturated carbocycles. The number of hydrogen-bond acceptors (Lipinski definition) is 3. The first-order valence-electron chi connectivity index (χ1n) is 8.47. The summed E-state index contributed by atoms with van der Waals surface area (Å²) < 4.78 is 0. The Morgan fingerprint density at radius 3 is 2.75 bits per heavy atom. The van der Waals surface area contributed by atoms with Crippen molar-refractivity contribution in [3.05, 3.63) is 36.2 Å². The summed E-state index contributed by atoms with van der Waals surface area (Å²) in [7, 11) is 0. The molecule has 6 nitrogen and oxygen atoms in total. The van der Waals surface area contributed by atoms with E-state index in [-0.39, 0.29) is 17.5 Å². The molecule has 0 bridgehead atoms. The van der Waals surface area contributed by atoms with Gasteiger partial charge in [-0.05, 0) is 33.6 Å². The van der Waals surface area contributed by atoms with E-state index in [1.54, 1.807) is 0 Å². The molecule has 0 spiro atoms. The second kappa shape index (κ2) is 6.63. The van der Waals surface area contributed by atoms with Gasteiger partial charge in [-0.2, -0.15) is 5.10 Å². The normalized spacial score (nSPS) is 18.5. The topological polar surface area (TPSA) is 73.9 Å². The zero-order chi connectivity index (χ0) is 17.2. The molecule has 128 valence electrons. The van der Waals surface area contributed by atoms with Gasteiger partial charge in [0.15, 0.2) is 5.82 Å². The maximum absolute atomic E-state index is 12.4. The first-order chi connectivity index (χ1) is 11.4. The van der Waals surface area contributed by atoms with Crippen molar-refractivity contribution in [2.24, 2.45) is 0 Å². The smallest absolute Gasteiger partial charge is 0.317 e. The van der Waals surface area contributed by atoms with Gasteiger partial charge < -0.3 is 10.2 Å². The average Bonchev–Trinajstić information content (AvgIpc) is 3.04. The second-order valence-corrected chi connectivity index (χ2v) is 7.38. The van der Waals surface area contributed by atoms with Crippen LogP contribution in [0.15, 0.2) is 30.3 Å². The predicted octanol–water partition coefficient (Wildman–Crippen LogP) is 3.16. The van der Waals surface area contributed by atoms with Gasteiger partial charge in [0.25, 0.3) is 0 Å². The van der Waals surface area contributed by atoms with E-state index in [1.807, 2.05) is 56.0 Å². The molecule has 1 aliphatic rings. The van der Waals surface area contributed by atoms with E-state index in [2.05, 4.69) is 20.5 Å². The number of amides is 2. The zero-order valence-electron chi connectivity index (χ0n) is 14.5. The van der Waals surface area contributed by atoms with Crippen molar-refractivity contribution in [3.63, 3.8) is 0 Å². The summed E-state index contributed by atoms with van der Waals surface area (Å²) in [5, 5.41) is 10.4. The number of carbonyl (C=O) groups is 1. The molecular weight excluding hydrogens is 302 g/mol. The summed E-state index contributed by atoms with van der Waals surface area (Å²) in [6, 6.07) is 9.92. The summed E-state index contributed by atoms with van der Waals surface area (Å²) >= 11 is 0. The van der Waals surface area contributed by atoms with Gasteiger partial charge in [0.2, 0.25) is 0 Å². The third-order valence-corrected chi connectivity index (χ3v) is 4.11. The molecular formula is C18H25N5O. The molecule has 1 aromatic carbocycles. The van der Waals surface area contributed by atoms with E-state index in [1.165, 1.54) is 0 Å². The Morgan fingerprint density at radius 1 is 1.29 bits per heavy atom. The van der Waals surface area contributed by atoms with Crippen molar-refractivity contribution in [1.29, 1.82) is 0 Å². The Hall–Kier alpha value is -2.37. The van der Waals surface area contributed by atoms with Gasteiger partial charge in [-0.3, -0.25) is 5.10 Å². The Kier molecular flexibility index (Phi) is 4.55. The van der Waals surface area contributed by atoms with Crippen molar-refractivity contribution in [3.8, 4) is 11.4 Å². The van der Waals surface area contributed by atoms with E-state index < -0.39 is 0 Å². The van der Waals surface area contributed by atoms with Crippen LogP contribution in [0.2, 0.25) is 0 Å². The molecule has 6 heteroatoms. The third-order valence-electron chi connectivity index (χ3n) is 4.11. The molecule has 1 saturated heterocycles. The lowest BCUT2D eigenvalue weighted by molar-refractivity contribution is 0.170. The lowest BCUT2D eigenvalue weighted by atomic mass is 9.97. The standard InChI is InChI=1S/C18H25N5O/c1-18(2,3)20-17(24)23-11-7-10-14(12-23)16-19-15(21-22-16)13-8-5-4-6-9-13/h4-6,8-9,14H,7,10-12H2,1-3H3,(H,20,24)(H,19,21,22). The summed E-state index contributed by atoms with van der Waals surface area (Å²) in [6.07, 6.45) is 1.99. The van der Waals surface area contributed by atoms with E-state index in [0.717, 1.165) is 30.8 Å². The third kappa shape index (κ3) is 3.93. The summed E-state index contributed by atoms with van der Waals surface area (Å²) in [6.45, 7) is 7.45. The van der Waals surface area contributed by atoms with Crippen molar-refractivity contribution >= 4 is 6.03 Å². The van der Waals surface area contributed by atoms with Crippen LogP contribution in [-0.2, 0) is 0 Å². The van der Waals surface area contributed by atoms with E-state index in [4.69, 9.17) is 0 Å². The summed E-state index contributed by atoms with van der Waals surface area (Å²) in [5.41, 5.74) is 0.773. The van der Waals surface area contributed by atoms with E-state index >= 15 is 0 Å². The van der Waals surface area contributed by atoms with E-state index in [9.17, 15) is 4.79 Å². The van der Waals surface area contributed by atoms with Gasteiger partial charge in [0.05, 0.1) is 0 Å². The van der Waals surface area contributed by atoms with Crippen LogP contribution in [0, 0.1) is 0 Å². The van der Waals surface area contributed by atoms with E-state index in [0.29, 0.717) is 12.4 Å². The van der Waals surface area contributed by atoms with Crippen LogP contribution in [0.5, 0.6) is 0 Å². The number of benzene rings is 1. The molecule has 1 aliphatic heterocycles. The number of urea groups is 1. The average molecular weight is 327 g/mol. The number of aromatic amines is 1. The Balaban J connectivity index is 1.69. The first kappa shape index (κ1) is 16.5. The lowest BCUT2D eigenvalue weighted by Gasteiger charge is -2.34. The number of likely N-dealkylation sites (tertiary alicyclic amines) is 1. The summed E-state index contributed by atoms with van der Waals surface area (Å²) in [4.78, 5) is 18.9. The Labute approximate surface area is 142 Å². The molecule has 1 fully saturated rings. The second-order valence-electron chi connectivity index (χ2n) is 7.38. The van der Waals surface area contributed by atoms with Crippen molar-refractivity contribution in [2.45, 2.75) is 45.1 Å². The van der Waals surface area contributed by atoms with Crippen LogP contribution >= 0.6 is 0 Å². The largest absolute Gasteiger partial charge is 0.333 e. The molecule has 1 aromatic heterocycles. The highest BCUT2D eigenvalue weighted by Crippen LogP contribution is 2.26. The van der Waals surface area contributed by atoms with Crippen molar-refractivity contribution in [1.82, 2.24) is 25.4 Å². The molecule has 2 amide bonds. The minimum Gasteiger partial charge on any atom is -0.333 e. The minimum absolute atomic E-state index is 0.00463. The Morgan fingerprint density at radius 2 is 2.04 bits per heavy atom. The van der Waals surface area contributed by atoms with Gasteiger partial charge in [-0.15, -0.1) is 0 Å². The van der Waals surface area contributed by atoms with Gasteiger partial charge in [-0.1, -0.05) is 30.3 Å². The number of piperidine rings is 1. The number of nitrogens with zero attached hydrogens (tertiary/aromatic N) is 3. The lowest BCUT2D eigenvalue weighted by Crippen LogP contribution is -2.51. The summed E-state index contributed by atoms with van der Waals surface area (Å²) in [5.74, 6) is 1.78. The van der Waals surface area contributed by atoms with Gasteiger partial charge in [0, 0.05) is 30.1 Å². The number of carbonyl (C=O) groups excluding carboxylic acids is 1. The molecule has 3 rings (SSSR count). The molecule has 1 unspecified atom stereocenters. The highest BCUT2D eigenvalue weighted by atomic mass is 16.2. The quantitative estimate of drug-likeness (QED) is 0.890. The molecule has 0 aliphatic carbocycles. The zero-order valence-corrected chi connectivity index (χ0v) is 14.5. The van der Waals surface area contributed by atoms with Crippen LogP contribution in [-0.4, -0.2) is 44.7 Å². The van der Waals surface area contributed by atoms with Crippen LogP contribution in [0.25, 0.3) is 11.4 Å². The monoisotopic (exact) mass is 327 g/mol. The number of hydrogen-bond donors (Lipinski definition) is 2. The molecule has 24 heavy (non-hydrogen) atoms. The van der Waals surface area contributed by atoms with Gasteiger partial charge >= 0.3 is 6.03 Å². The highest BCUT2D eigenvalue weighted by Gasteiger charge is 2.28. The fourth-order valence-electron chi connectivity index (χ4n) is 2.96. The predicted molar refractivity (Wildman–Crippen MR) is 93.7 cm³/mol. The molecule has 0 radical (unpaired) electrons. The SMILES string of the molecule is CC(C)(C)NC(=O)N1CCCC(c2nc(-c3ccccc3)n[nH]2)C1. The fourth-order valence-corrected chi connectivity index (χ4v) is 2.96. The maximum atomic E-state index is 12.4. The van der Waals surface area contributed by atoms with Crippen LogP contribution in [0.1, 0.15) is 45.4 Å². The van der Waals surface area contributed by atoms with Crippen LogP contribution < -0.4 is 5.32 Å². The van der Waals surface area contributed by atoms with Crippen molar-refractivity contribution in [2.75, 3.05) is 13.1 Å². The fraction of sp³-hybridized carbons (Fsp3) is 0.500. The number of H-pyrrole nitrogens is 1. The number of aromatic nitrogens is 3. The number of nitrogens with one attached hydrogen (secondary N) is 2. The first-order valence-corrected chi connectivity index (χ1v) is 8.47. The van der Waals surface area contributed by atoms with Crippen LogP contribution in [0.3, 0.4) is 0 Å². The maximum Gasteiger partial charge on any atom is 0.317 e. The minimum atomic E-state index is -0.225. The number of rotatable bonds is 2. The van der Waals surface area contributed by atoms with Crippen LogP contribution in [0.4, 0.5) is 4.79 Å². The molecule has 2 aromatic rings. The molecule has 1 atom stereocenters.